The van der Waals surface area contributed by atoms with Crippen molar-refractivity contribution in [1.82, 2.24) is 0 Å². The van der Waals surface area contributed by atoms with Crippen LogP contribution in [-0.4, -0.2) is 11.1 Å². The van der Waals surface area contributed by atoms with Gasteiger partial charge in [-0.3, -0.25) is 4.79 Å². The molecule has 0 saturated carbocycles. The van der Waals surface area contributed by atoms with E-state index >= 15 is 0 Å². The van der Waals surface area contributed by atoms with Gasteiger partial charge >= 0.3 is 5.97 Å². The lowest BCUT2D eigenvalue weighted by Crippen LogP contribution is -1.89. The minimum atomic E-state index is -0.746. The van der Waals surface area contributed by atoms with Gasteiger partial charge in [0.2, 0.25) is 0 Å². The molecule has 1 N–H and O–H groups in total. The second-order valence-corrected chi connectivity index (χ2v) is 3.63. The summed E-state index contributed by atoms with van der Waals surface area (Å²) in [6.45, 7) is 2.22. The van der Waals surface area contributed by atoms with Crippen LogP contribution in [0.15, 0.2) is 12.2 Å². The molecular weight excluding hydrogens is 176 g/mol. The standard InChI is InChI=1S/C12H22O2/c1-2-3-4-5-6-7-8-9-10-11-12(13)14/h9-10H,2-8,11H2,1H3,(H,13,14)/b10-9-. The first kappa shape index (κ1) is 13.2. The number of hydrogen-bond donors (Lipinski definition) is 1. The van der Waals surface area contributed by atoms with E-state index in [0.717, 1.165) is 6.42 Å². The van der Waals surface area contributed by atoms with Crippen LogP contribution in [0.2, 0.25) is 0 Å². The van der Waals surface area contributed by atoms with Crippen molar-refractivity contribution in [3.63, 3.8) is 0 Å². The van der Waals surface area contributed by atoms with E-state index in [1.807, 2.05) is 6.08 Å². The molecule has 0 aromatic heterocycles. The highest BCUT2D eigenvalue weighted by Gasteiger charge is 1.90. The lowest BCUT2D eigenvalue weighted by atomic mass is 10.1. The second-order valence-electron chi connectivity index (χ2n) is 3.63. The Bertz CT molecular complexity index is 162. The molecular formula is C12H22O2. The summed E-state index contributed by atoms with van der Waals surface area (Å²) in [5.41, 5.74) is 0. The van der Waals surface area contributed by atoms with E-state index in [-0.39, 0.29) is 6.42 Å². The first-order valence-electron chi connectivity index (χ1n) is 5.64. The van der Waals surface area contributed by atoms with Crippen LogP contribution >= 0.6 is 0 Å². The fourth-order valence-corrected chi connectivity index (χ4v) is 1.34. The van der Waals surface area contributed by atoms with Crippen LogP contribution in [0.1, 0.15) is 58.3 Å². The number of aliphatic carboxylic acids is 1. The molecule has 14 heavy (non-hydrogen) atoms. The summed E-state index contributed by atoms with van der Waals surface area (Å²) in [4.78, 5) is 10.2. The lowest BCUT2D eigenvalue weighted by molar-refractivity contribution is -0.136. The molecule has 0 rings (SSSR count). The number of hydrogen-bond acceptors (Lipinski definition) is 1. The van der Waals surface area contributed by atoms with E-state index in [2.05, 4.69) is 6.92 Å². The van der Waals surface area contributed by atoms with Crippen LogP contribution < -0.4 is 0 Å². The normalized spacial score (nSPS) is 10.9. The summed E-state index contributed by atoms with van der Waals surface area (Å²) < 4.78 is 0. The van der Waals surface area contributed by atoms with Gasteiger partial charge in [0.15, 0.2) is 0 Å². The van der Waals surface area contributed by atoms with Crippen LogP contribution in [0.4, 0.5) is 0 Å². The number of unbranched alkanes of at least 4 members (excludes halogenated alkanes) is 6. The summed E-state index contributed by atoms with van der Waals surface area (Å²) in [6, 6.07) is 0. The van der Waals surface area contributed by atoms with Crippen molar-refractivity contribution in [3.8, 4) is 0 Å². The van der Waals surface area contributed by atoms with Gasteiger partial charge in [0.1, 0.15) is 0 Å². The van der Waals surface area contributed by atoms with Crippen molar-refractivity contribution in [3.05, 3.63) is 12.2 Å². The molecule has 0 unspecified atom stereocenters. The second kappa shape index (κ2) is 10.3. The molecule has 0 atom stereocenters. The molecule has 82 valence electrons. The average Bonchev–Trinajstić information content (AvgIpc) is 2.15. The lowest BCUT2D eigenvalue weighted by Gasteiger charge is -1.97. The Balaban J connectivity index is 3.05. The Morgan fingerprint density at radius 1 is 1.07 bits per heavy atom. The summed E-state index contributed by atoms with van der Waals surface area (Å²) in [5.74, 6) is -0.746. The number of rotatable bonds is 9. The summed E-state index contributed by atoms with van der Waals surface area (Å²) in [5, 5.41) is 8.36. The maximum Gasteiger partial charge on any atom is 0.307 e. The van der Waals surface area contributed by atoms with Crippen LogP contribution in [0.25, 0.3) is 0 Å². The van der Waals surface area contributed by atoms with Gasteiger partial charge in [-0.2, -0.15) is 0 Å². The topological polar surface area (TPSA) is 37.3 Å². The molecule has 0 aliphatic rings. The third kappa shape index (κ3) is 11.2. The summed E-state index contributed by atoms with van der Waals surface area (Å²) in [7, 11) is 0. The highest BCUT2D eigenvalue weighted by Crippen LogP contribution is 2.07. The van der Waals surface area contributed by atoms with Gasteiger partial charge in [-0.15, -0.1) is 0 Å². The third-order valence-electron chi connectivity index (χ3n) is 2.18. The van der Waals surface area contributed by atoms with E-state index in [0.29, 0.717) is 0 Å². The van der Waals surface area contributed by atoms with Gasteiger partial charge in [-0.25, -0.2) is 0 Å². The van der Waals surface area contributed by atoms with Crippen LogP contribution in [0, 0.1) is 0 Å². The average molecular weight is 198 g/mol. The Kier molecular flexibility index (Phi) is 9.71. The fraction of sp³-hybridized carbons (Fsp3) is 0.750. The predicted octanol–water partition coefficient (Wildman–Crippen LogP) is 3.77. The van der Waals surface area contributed by atoms with Crippen molar-refractivity contribution in [2.45, 2.75) is 58.3 Å². The third-order valence-corrected chi connectivity index (χ3v) is 2.18. The molecule has 0 bridgehead atoms. The number of allylic oxidation sites excluding steroid dienone is 1. The SMILES string of the molecule is CCCCCCCC/C=C\CC(=O)O. The van der Waals surface area contributed by atoms with E-state index in [1.54, 1.807) is 6.08 Å². The molecule has 0 fully saturated rings. The zero-order valence-corrected chi connectivity index (χ0v) is 9.17. The van der Waals surface area contributed by atoms with Gasteiger partial charge in [-0.1, -0.05) is 51.2 Å². The smallest absolute Gasteiger partial charge is 0.307 e. The summed E-state index contributed by atoms with van der Waals surface area (Å²) in [6.07, 6.45) is 12.7. The highest BCUT2D eigenvalue weighted by molar-refractivity contribution is 5.68. The van der Waals surface area contributed by atoms with Crippen LogP contribution in [-0.2, 0) is 4.79 Å². The van der Waals surface area contributed by atoms with E-state index in [9.17, 15) is 4.79 Å². The first-order chi connectivity index (χ1) is 6.77. The van der Waals surface area contributed by atoms with Gasteiger partial charge in [0.05, 0.1) is 6.42 Å². The molecule has 0 aliphatic heterocycles. The fourth-order valence-electron chi connectivity index (χ4n) is 1.34. The monoisotopic (exact) mass is 198 g/mol. The van der Waals surface area contributed by atoms with Crippen molar-refractivity contribution in [2.75, 3.05) is 0 Å². The summed E-state index contributed by atoms with van der Waals surface area (Å²) >= 11 is 0. The zero-order valence-electron chi connectivity index (χ0n) is 9.17. The molecule has 0 aliphatic carbocycles. The largest absolute Gasteiger partial charge is 0.481 e. The van der Waals surface area contributed by atoms with Crippen molar-refractivity contribution >= 4 is 5.97 Å². The van der Waals surface area contributed by atoms with E-state index in [4.69, 9.17) is 5.11 Å². The Morgan fingerprint density at radius 2 is 1.71 bits per heavy atom. The van der Waals surface area contributed by atoms with Gasteiger partial charge in [-0.05, 0) is 12.8 Å². The number of carboxylic acid groups (broad SMARTS) is 1. The number of carboxylic acids is 1. The maximum absolute atomic E-state index is 10.2. The molecule has 0 aromatic carbocycles. The van der Waals surface area contributed by atoms with Gasteiger partial charge < -0.3 is 5.11 Å². The molecule has 0 heterocycles. The highest BCUT2D eigenvalue weighted by atomic mass is 16.4. The molecule has 2 nitrogen and oxygen atoms in total. The minimum Gasteiger partial charge on any atom is -0.481 e. The first-order valence-corrected chi connectivity index (χ1v) is 5.64. The Hall–Kier alpha value is -0.790. The zero-order chi connectivity index (χ0) is 10.6. The number of carbonyl (C=O) groups is 1. The Labute approximate surface area is 87.0 Å². The van der Waals surface area contributed by atoms with Gasteiger partial charge in [0, 0.05) is 0 Å². The van der Waals surface area contributed by atoms with Gasteiger partial charge in [0.25, 0.3) is 0 Å². The molecule has 0 radical (unpaired) electrons. The van der Waals surface area contributed by atoms with E-state index in [1.165, 1.54) is 38.5 Å². The van der Waals surface area contributed by atoms with E-state index < -0.39 is 5.97 Å². The molecule has 0 spiro atoms. The van der Waals surface area contributed by atoms with Crippen molar-refractivity contribution in [1.29, 1.82) is 0 Å². The molecule has 0 aromatic rings. The quantitative estimate of drug-likeness (QED) is 0.452. The van der Waals surface area contributed by atoms with Crippen LogP contribution in [0.5, 0.6) is 0 Å². The molecule has 2 heteroatoms. The van der Waals surface area contributed by atoms with Crippen LogP contribution in [0.3, 0.4) is 0 Å². The van der Waals surface area contributed by atoms with Crippen molar-refractivity contribution < 1.29 is 9.90 Å². The molecule has 0 saturated heterocycles. The van der Waals surface area contributed by atoms with Crippen molar-refractivity contribution in [2.24, 2.45) is 0 Å². The Morgan fingerprint density at radius 3 is 2.36 bits per heavy atom. The molecule has 0 amide bonds. The predicted molar refractivity (Wildman–Crippen MR) is 59.4 cm³/mol. The maximum atomic E-state index is 10.2. The minimum absolute atomic E-state index is 0.163.